The molecule has 0 saturated heterocycles. The summed E-state index contributed by atoms with van der Waals surface area (Å²) in [5.74, 6) is 0. The lowest BCUT2D eigenvalue weighted by Crippen LogP contribution is -1.99. The normalized spacial score (nSPS) is 10.4. The zero-order valence-corrected chi connectivity index (χ0v) is 9.31. The lowest BCUT2D eigenvalue weighted by atomic mass is 10.2. The van der Waals surface area contributed by atoms with Crippen molar-refractivity contribution in [3.63, 3.8) is 0 Å². The highest BCUT2D eigenvalue weighted by Gasteiger charge is 1.97. The second-order valence-electron chi connectivity index (χ2n) is 3.17. The van der Waals surface area contributed by atoms with Crippen molar-refractivity contribution in [3.8, 4) is 0 Å². The Bertz CT molecular complexity index is 395. The number of hydrogen-bond donors (Lipinski definition) is 0. The van der Waals surface area contributed by atoms with E-state index in [4.69, 9.17) is 0 Å². The van der Waals surface area contributed by atoms with Gasteiger partial charge in [0.05, 0.1) is 12.7 Å². The zero-order valence-electron chi connectivity index (χ0n) is 7.73. The molecule has 0 spiro atoms. The van der Waals surface area contributed by atoms with E-state index in [9.17, 15) is 0 Å². The van der Waals surface area contributed by atoms with Crippen LogP contribution in [0, 0.1) is 0 Å². The Labute approximate surface area is 91.7 Å². The van der Waals surface area contributed by atoms with Gasteiger partial charge in [0, 0.05) is 17.1 Å². The molecule has 14 heavy (non-hydrogen) atoms. The molecule has 0 aliphatic heterocycles. The Balaban J connectivity index is 2.11. The molecule has 0 N–H and O–H groups in total. The van der Waals surface area contributed by atoms with Gasteiger partial charge in [-0.1, -0.05) is 46.3 Å². The molecule has 1 aromatic heterocycles. The monoisotopic (exact) mass is 250 g/mol. The van der Waals surface area contributed by atoms with Crippen LogP contribution in [0.5, 0.6) is 0 Å². The third kappa shape index (κ3) is 2.23. The van der Waals surface area contributed by atoms with Crippen LogP contribution in [-0.4, -0.2) is 9.78 Å². The topological polar surface area (TPSA) is 17.8 Å². The summed E-state index contributed by atoms with van der Waals surface area (Å²) >= 11 is 3.40. The predicted octanol–water partition coefficient (Wildman–Crippen LogP) is 2.83. The summed E-state index contributed by atoms with van der Waals surface area (Å²) in [6.07, 6.45) is 3.94. The fourth-order valence-corrected chi connectivity index (χ4v) is 1.62. The van der Waals surface area contributed by atoms with E-state index in [1.165, 1.54) is 11.1 Å². The Kier molecular flexibility index (Phi) is 2.99. The van der Waals surface area contributed by atoms with Crippen molar-refractivity contribution in [2.45, 2.75) is 11.9 Å². The maximum atomic E-state index is 4.27. The van der Waals surface area contributed by atoms with E-state index in [1.807, 2.05) is 29.1 Å². The summed E-state index contributed by atoms with van der Waals surface area (Å²) in [5, 5.41) is 5.13. The van der Waals surface area contributed by atoms with E-state index in [1.54, 1.807) is 0 Å². The highest BCUT2D eigenvalue weighted by Crippen LogP contribution is 2.06. The van der Waals surface area contributed by atoms with E-state index < -0.39 is 0 Å². The fraction of sp³-hybridized carbons (Fsp3) is 0.182. The van der Waals surface area contributed by atoms with Crippen LogP contribution < -0.4 is 0 Å². The van der Waals surface area contributed by atoms with Crippen LogP contribution in [0.25, 0.3) is 0 Å². The number of aromatic nitrogens is 2. The van der Waals surface area contributed by atoms with E-state index in [-0.39, 0.29) is 0 Å². The molecule has 0 radical (unpaired) electrons. The van der Waals surface area contributed by atoms with Crippen molar-refractivity contribution in [2.75, 3.05) is 0 Å². The number of benzene rings is 1. The minimum absolute atomic E-state index is 0.841. The van der Waals surface area contributed by atoms with Gasteiger partial charge in [0.25, 0.3) is 0 Å². The molecule has 0 aliphatic rings. The average molecular weight is 251 g/mol. The van der Waals surface area contributed by atoms with Crippen molar-refractivity contribution in [3.05, 3.63) is 53.9 Å². The minimum atomic E-state index is 0.841. The Morgan fingerprint density at radius 3 is 2.57 bits per heavy atom. The summed E-state index contributed by atoms with van der Waals surface area (Å²) < 4.78 is 1.95. The first kappa shape index (κ1) is 9.46. The van der Waals surface area contributed by atoms with Crippen LogP contribution in [0.2, 0.25) is 0 Å². The largest absolute Gasteiger partial charge is 0.268 e. The Hall–Kier alpha value is -1.09. The first-order chi connectivity index (χ1) is 6.88. The summed E-state index contributed by atoms with van der Waals surface area (Å²) in [7, 11) is 0. The Morgan fingerprint density at radius 2 is 1.93 bits per heavy atom. The maximum absolute atomic E-state index is 4.27. The summed E-state index contributed by atoms with van der Waals surface area (Å²) in [6.45, 7) is 0.841. The Morgan fingerprint density at radius 1 is 1.14 bits per heavy atom. The smallest absolute Gasteiger partial charge is 0.0659 e. The first-order valence-electron chi connectivity index (χ1n) is 4.50. The molecular weight excluding hydrogens is 240 g/mol. The van der Waals surface area contributed by atoms with Gasteiger partial charge in [-0.3, -0.25) is 4.68 Å². The van der Waals surface area contributed by atoms with E-state index >= 15 is 0 Å². The molecule has 0 unspecified atom stereocenters. The third-order valence-corrected chi connectivity index (χ3v) is 2.68. The molecule has 0 saturated carbocycles. The van der Waals surface area contributed by atoms with Gasteiger partial charge < -0.3 is 0 Å². The first-order valence-corrected chi connectivity index (χ1v) is 5.62. The van der Waals surface area contributed by atoms with Gasteiger partial charge in [-0.25, -0.2) is 0 Å². The minimum Gasteiger partial charge on any atom is -0.268 e. The number of alkyl halides is 1. The van der Waals surface area contributed by atoms with Crippen LogP contribution in [0.4, 0.5) is 0 Å². The van der Waals surface area contributed by atoms with E-state index in [2.05, 4.69) is 39.4 Å². The maximum Gasteiger partial charge on any atom is 0.0659 e. The second kappa shape index (κ2) is 4.42. The van der Waals surface area contributed by atoms with Crippen LogP contribution in [-0.2, 0) is 11.9 Å². The van der Waals surface area contributed by atoms with Crippen LogP contribution >= 0.6 is 15.9 Å². The van der Waals surface area contributed by atoms with Crippen molar-refractivity contribution in [1.82, 2.24) is 9.78 Å². The lowest BCUT2D eigenvalue weighted by molar-refractivity contribution is 0.686. The predicted molar refractivity (Wildman–Crippen MR) is 60.4 cm³/mol. The van der Waals surface area contributed by atoms with E-state index in [0.29, 0.717) is 0 Å². The summed E-state index contributed by atoms with van der Waals surface area (Å²) in [6, 6.07) is 10.3. The molecule has 72 valence electrons. The molecule has 2 aromatic rings. The molecule has 0 fully saturated rings. The van der Waals surface area contributed by atoms with E-state index in [0.717, 1.165) is 11.9 Å². The summed E-state index contributed by atoms with van der Waals surface area (Å²) in [5.41, 5.74) is 2.48. The van der Waals surface area contributed by atoms with Crippen LogP contribution in [0.3, 0.4) is 0 Å². The van der Waals surface area contributed by atoms with Crippen molar-refractivity contribution in [1.29, 1.82) is 0 Å². The molecule has 2 rings (SSSR count). The standard InChI is InChI=1S/C11H11BrN2/c12-6-11-7-13-14(9-11)8-10-4-2-1-3-5-10/h1-5,7,9H,6,8H2. The summed E-state index contributed by atoms with van der Waals surface area (Å²) in [4.78, 5) is 0. The van der Waals surface area contributed by atoms with Gasteiger partial charge in [0.15, 0.2) is 0 Å². The van der Waals surface area contributed by atoms with Gasteiger partial charge in [0.2, 0.25) is 0 Å². The lowest BCUT2D eigenvalue weighted by Gasteiger charge is -2.00. The van der Waals surface area contributed by atoms with Crippen molar-refractivity contribution >= 4 is 15.9 Å². The van der Waals surface area contributed by atoms with Crippen LogP contribution in [0.15, 0.2) is 42.7 Å². The molecule has 0 aliphatic carbocycles. The van der Waals surface area contributed by atoms with Crippen molar-refractivity contribution < 1.29 is 0 Å². The fourth-order valence-electron chi connectivity index (χ4n) is 1.33. The highest BCUT2D eigenvalue weighted by atomic mass is 79.9. The van der Waals surface area contributed by atoms with Gasteiger partial charge in [-0.05, 0) is 5.56 Å². The molecular formula is C11H11BrN2. The van der Waals surface area contributed by atoms with Crippen LogP contribution in [0.1, 0.15) is 11.1 Å². The molecule has 1 heterocycles. The third-order valence-electron chi connectivity index (χ3n) is 2.03. The molecule has 3 heteroatoms. The highest BCUT2D eigenvalue weighted by molar-refractivity contribution is 9.08. The molecule has 1 aromatic carbocycles. The van der Waals surface area contributed by atoms with Gasteiger partial charge >= 0.3 is 0 Å². The quantitative estimate of drug-likeness (QED) is 0.767. The second-order valence-corrected chi connectivity index (χ2v) is 3.73. The molecule has 0 bridgehead atoms. The van der Waals surface area contributed by atoms with Gasteiger partial charge in [-0.2, -0.15) is 5.10 Å². The SMILES string of the molecule is BrCc1cnn(Cc2ccccc2)c1. The number of nitrogens with zero attached hydrogens (tertiary/aromatic N) is 2. The average Bonchev–Trinajstić information content (AvgIpc) is 2.67. The van der Waals surface area contributed by atoms with Crippen molar-refractivity contribution in [2.24, 2.45) is 0 Å². The number of rotatable bonds is 3. The molecule has 2 nitrogen and oxygen atoms in total. The molecule has 0 atom stereocenters. The number of hydrogen-bond acceptors (Lipinski definition) is 1. The van der Waals surface area contributed by atoms with Gasteiger partial charge in [-0.15, -0.1) is 0 Å². The number of halogens is 1. The van der Waals surface area contributed by atoms with Gasteiger partial charge in [0.1, 0.15) is 0 Å². The molecule has 0 amide bonds. The zero-order chi connectivity index (χ0) is 9.80.